The van der Waals surface area contributed by atoms with E-state index in [1.165, 1.54) is 11.8 Å². The molecule has 2 aliphatic rings. The maximum atomic E-state index is 5.85. The molecule has 0 radical (unpaired) electrons. The zero-order chi connectivity index (χ0) is 16.2. The van der Waals surface area contributed by atoms with Gasteiger partial charge < -0.3 is 14.6 Å². The quantitative estimate of drug-likeness (QED) is 0.885. The summed E-state index contributed by atoms with van der Waals surface area (Å²) >= 11 is 1.53. The van der Waals surface area contributed by atoms with Gasteiger partial charge >= 0.3 is 0 Å². The van der Waals surface area contributed by atoms with Gasteiger partial charge in [-0.1, -0.05) is 0 Å². The van der Waals surface area contributed by atoms with Crippen molar-refractivity contribution in [2.24, 2.45) is 0 Å². The summed E-state index contributed by atoms with van der Waals surface area (Å²) < 4.78 is 8.10. The Balaban J connectivity index is 1.60. The molecule has 2 aromatic heterocycles. The van der Waals surface area contributed by atoms with E-state index in [0.717, 1.165) is 67.9 Å². The van der Waals surface area contributed by atoms with Crippen molar-refractivity contribution in [2.75, 3.05) is 19.7 Å². The summed E-state index contributed by atoms with van der Waals surface area (Å²) in [5, 5.41) is 14.1. The zero-order valence-corrected chi connectivity index (χ0v) is 14.4. The molecule has 2 aliphatic heterocycles. The number of rotatable bonds is 5. The summed E-state index contributed by atoms with van der Waals surface area (Å²) in [6.07, 6.45) is 9.89. The number of nitrogens with zero attached hydrogens (tertiary/aromatic N) is 5. The average molecular weight is 346 g/mol. The van der Waals surface area contributed by atoms with Crippen molar-refractivity contribution < 1.29 is 4.74 Å². The molecule has 7 nitrogen and oxygen atoms in total. The van der Waals surface area contributed by atoms with Crippen molar-refractivity contribution in [1.29, 1.82) is 0 Å². The van der Waals surface area contributed by atoms with Gasteiger partial charge in [0.15, 0.2) is 5.16 Å². The van der Waals surface area contributed by atoms with E-state index in [9.17, 15) is 0 Å². The van der Waals surface area contributed by atoms with Crippen LogP contribution in [0.4, 0.5) is 0 Å². The first kappa shape index (κ1) is 16.0. The SMILES string of the molecule is c1cnc(Sc2nnc(C3CCNCC3)n2C[C@H]2CCCO2)cn1. The standard InChI is InChI=1S/C16H22N6OS/c1-2-13(23-9-1)11-22-15(12-3-5-17-6-4-12)20-21-16(22)24-14-10-18-7-8-19-14/h7-8,10,12-13,17H,1-6,9,11H2/t13-/m1/s1. The van der Waals surface area contributed by atoms with Gasteiger partial charge in [0, 0.05) is 24.9 Å². The minimum Gasteiger partial charge on any atom is -0.376 e. The van der Waals surface area contributed by atoms with Gasteiger partial charge in [-0.3, -0.25) is 4.98 Å². The Hall–Kier alpha value is -1.51. The van der Waals surface area contributed by atoms with E-state index < -0.39 is 0 Å². The van der Waals surface area contributed by atoms with E-state index in [2.05, 4.69) is 30.0 Å². The largest absolute Gasteiger partial charge is 0.376 e. The third-order valence-electron chi connectivity index (χ3n) is 4.60. The molecular weight excluding hydrogens is 324 g/mol. The predicted octanol–water partition coefficient (Wildman–Crippen LogP) is 1.87. The van der Waals surface area contributed by atoms with Gasteiger partial charge in [-0.25, -0.2) is 4.98 Å². The molecule has 0 aliphatic carbocycles. The topological polar surface area (TPSA) is 77.8 Å². The highest BCUT2D eigenvalue weighted by Gasteiger charge is 2.26. The van der Waals surface area contributed by atoms with Gasteiger partial charge in [0.1, 0.15) is 10.9 Å². The van der Waals surface area contributed by atoms with E-state index in [0.29, 0.717) is 5.92 Å². The minimum atomic E-state index is 0.266. The monoisotopic (exact) mass is 346 g/mol. The van der Waals surface area contributed by atoms with Crippen molar-refractivity contribution in [3.05, 3.63) is 24.4 Å². The van der Waals surface area contributed by atoms with E-state index in [4.69, 9.17) is 4.74 Å². The summed E-state index contributed by atoms with van der Waals surface area (Å²) in [7, 11) is 0. The van der Waals surface area contributed by atoms with Gasteiger partial charge in [-0.2, -0.15) is 0 Å². The van der Waals surface area contributed by atoms with Crippen LogP contribution in [0.25, 0.3) is 0 Å². The summed E-state index contributed by atoms with van der Waals surface area (Å²) in [5.74, 6) is 1.56. The molecule has 0 unspecified atom stereocenters. The second-order valence-electron chi connectivity index (χ2n) is 6.26. The molecule has 24 heavy (non-hydrogen) atoms. The van der Waals surface area contributed by atoms with Gasteiger partial charge in [-0.05, 0) is 50.5 Å². The molecule has 128 valence electrons. The van der Waals surface area contributed by atoms with Crippen molar-refractivity contribution >= 4 is 11.8 Å². The minimum absolute atomic E-state index is 0.266. The maximum absolute atomic E-state index is 5.85. The lowest BCUT2D eigenvalue weighted by atomic mass is 9.97. The summed E-state index contributed by atoms with van der Waals surface area (Å²) in [4.78, 5) is 8.48. The Morgan fingerprint density at radius 3 is 2.88 bits per heavy atom. The van der Waals surface area contributed by atoms with Crippen molar-refractivity contribution in [3.63, 3.8) is 0 Å². The molecule has 8 heteroatoms. The molecule has 4 heterocycles. The first-order valence-corrected chi connectivity index (χ1v) is 9.41. The zero-order valence-electron chi connectivity index (χ0n) is 13.6. The molecule has 0 saturated carbocycles. The van der Waals surface area contributed by atoms with E-state index in [1.807, 2.05) is 0 Å². The molecular formula is C16H22N6OS. The van der Waals surface area contributed by atoms with E-state index in [1.54, 1.807) is 18.6 Å². The van der Waals surface area contributed by atoms with Crippen molar-refractivity contribution in [1.82, 2.24) is 30.0 Å². The summed E-state index contributed by atoms with van der Waals surface area (Å²) in [6.45, 7) is 3.78. The maximum Gasteiger partial charge on any atom is 0.197 e. The van der Waals surface area contributed by atoms with Crippen LogP contribution in [0, 0.1) is 0 Å². The lowest BCUT2D eigenvalue weighted by Crippen LogP contribution is -2.29. The fourth-order valence-corrected chi connectivity index (χ4v) is 4.13. The number of ether oxygens (including phenoxy) is 1. The third-order valence-corrected chi connectivity index (χ3v) is 5.50. The van der Waals surface area contributed by atoms with Crippen LogP contribution in [-0.4, -0.2) is 50.5 Å². The number of nitrogens with one attached hydrogen (secondary N) is 1. The second kappa shape index (κ2) is 7.58. The van der Waals surface area contributed by atoms with Crippen molar-refractivity contribution in [3.8, 4) is 0 Å². The van der Waals surface area contributed by atoms with Crippen LogP contribution >= 0.6 is 11.8 Å². The Bertz CT molecular complexity index is 652. The third kappa shape index (κ3) is 3.60. The second-order valence-corrected chi connectivity index (χ2v) is 7.24. The van der Waals surface area contributed by atoms with Gasteiger partial charge in [0.2, 0.25) is 0 Å². The highest BCUT2D eigenvalue weighted by molar-refractivity contribution is 7.99. The molecule has 1 N–H and O–H groups in total. The van der Waals surface area contributed by atoms with Crippen LogP contribution in [0.1, 0.15) is 37.4 Å². The van der Waals surface area contributed by atoms with Crippen LogP contribution in [0.5, 0.6) is 0 Å². The van der Waals surface area contributed by atoms with Crippen molar-refractivity contribution in [2.45, 2.75) is 54.4 Å². The number of hydrogen-bond donors (Lipinski definition) is 1. The number of piperidine rings is 1. The fourth-order valence-electron chi connectivity index (χ4n) is 3.35. The van der Waals surface area contributed by atoms with Crippen LogP contribution in [-0.2, 0) is 11.3 Å². The number of aromatic nitrogens is 5. The average Bonchev–Trinajstić information content (AvgIpc) is 3.28. The Kier molecular flexibility index (Phi) is 5.05. The highest BCUT2D eigenvalue weighted by atomic mass is 32.2. The van der Waals surface area contributed by atoms with Gasteiger partial charge in [0.25, 0.3) is 0 Å². The normalized spacial score (nSPS) is 22.1. The van der Waals surface area contributed by atoms with Crippen LogP contribution in [0.15, 0.2) is 28.8 Å². The summed E-state index contributed by atoms with van der Waals surface area (Å²) in [5.41, 5.74) is 0. The Labute approximate surface area is 145 Å². The summed E-state index contributed by atoms with van der Waals surface area (Å²) in [6, 6.07) is 0. The first-order chi connectivity index (χ1) is 11.9. The molecule has 2 saturated heterocycles. The molecule has 4 rings (SSSR count). The molecule has 0 spiro atoms. The lowest BCUT2D eigenvalue weighted by molar-refractivity contribution is 0.0936. The first-order valence-electron chi connectivity index (χ1n) is 8.59. The van der Waals surface area contributed by atoms with Crippen LogP contribution in [0.2, 0.25) is 0 Å². The smallest absolute Gasteiger partial charge is 0.197 e. The van der Waals surface area contributed by atoms with E-state index in [-0.39, 0.29) is 6.10 Å². The van der Waals surface area contributed by atoms with E-state index >= 15 is 0 Å². The van der Waals surface area contributed by atoms with Crippen LogP contribution < -0.4 is 5.32 Å². The predicted molar refractivity (Wildman–Crippen MR) is 90.0 cm³/mol. The van der Waals surface area contributed by atoms with Gasteiger partial charge in [-0.15, -0.1) is 10.2 Å². The molecule has 2 aromatic rings. The fraction of sp³-hybridized carbons (Fsp3) is 0.625. The molecule has 0 bridgehead atoms. The lowest BCUT2D eigenvalue weighted by Gasteiger charge is -2.23. The molecule has 1 atom stereocenters. The highest BCUT2D eigenvalue weighted by Crippen LogP contribution is 2.31. The molecule has 0 aromatic carbocycles. The molecule has 0 amide bonds. The Morgan fingerprint density at radius 2 is 2.12 bits per heavy atom. The van der Waals surface area contributed by atoms with Gasteiger partial charge in [0.05, 0.1) is 18.8 Å². The molecule has 2 fully saturated rings. The number of hydrogen-bond acceptors (Lipinski definition) is 7. The van der Waals surface area contributed by atoms with Crippen LogP contribution in [0.3, 0.4) is 0 Å². The Morgan fingerprint density at radius 1 is 1.21 bits per heavy atom.